The molecule has 0 saturated heterocycles. The van der Waals surface area contributed by atoms with Crippen molar-refractivity contribution in [2.75, 3.05) is 0 Å². The van der Waals surface area contributed by atoms with Crippen molar-refractivity contribution in [2.24, 2.45) is 10.1 Å². The summed E-state index contributed by atoms with van der Waals surface area (Å²) in [5.74, 6) is -0.499. The fourth-order valence-electron chi connectivity index (χ4n) is 2.39. The normalized spacial score (nSPS) is 12.8. The lowest BCUT2D eigenvalue weighted by molar-refractivity contribution is 0.0998. The molecular weight excluding hydrogens is 437 g/mol. The number of carbonyl (C=O) groups is 1. The van der Waals surface area contributed by atoms with E-state index in [9.17, 15) is 13.2 Å². The first-order chi connectivity index (χ1) is 12.2. The van der Waals surface area contributed by atoms with E-state index in [0.717, 1.165) is 23.3 Å². The Labute approximate surface area is 167 Å². The molecule has 11 heteroatoms. The fraction of sp³-hybridized carbons (Fsp3) is 0.200. The summed E-state index contributed by atoms with van der Waals surface area (Å²) in [6.45, 7) is 2.62. The first-order valence-electron chi connectivity index (χ1n) is 7.40. The van der Waals surface area contributed by atoms with Crippen LogP contribution in [-0.4, -0.2) is 18.9 Å². The smallest absolute Gasteiger partial charge is 0.282 e. The van der Waals surface area contributed by atoms with Crippen molar-refractivity contribution >= 4 is 72.0 Å². The summed E-state index contributed by atoms with van der Waals surface area (Å²) in [5.41, 5.74) is 1.03. The molecule has 0 aliphatic rings. The van der Waals surface area contributed by atoms with Gasteiger partial charge in [-0.25, -0.2) is 13.6 Å². The highest BCUT2D eigenvalue weighted by Crippen LogP contribution is 2.31. The summed E-state index contributed by atoms with van der Waals surface area (Å²) < 4.78 is 26.4. The van der Waals surface area contributed by atoms with Gasteiger partial charge in [0.2, 0.25) is 10.0 Å². The molecule has 0 unspecified atom stereocenters. The number of thiophene rings is 1. The van der Waals surface area contributed by atoms with Gasteiger partial charge in [-0.3, -0.25) is 4.79 Å². The topological polar surface area (TPSA) is 94.5 Å². The highest BCUT2D eigenvalue weighted by atomic mass is 35.5. The SMILES string of the molecule is CCCn1c(=NC(=O)c2cc(Cl)sc2Cl)sc2cc(S(N)(=O)=O)ccc21. The van der Waals surface area contributed by atoms with E-state index in [0.29, 0.717) is 20.4 Å². The van der Waals surface area contributed by atoms with Gasteiger partial charge in [0, 0.05) is 6.54 Å². The van der Waals surface area contributed by atoms with Crippen molar-refractivity contribution < 1.29 is 13.2 Å². The van der Waals surface area contributed by atoms with Crippen molar-refractivity contribution in [3.05, 3.63) is 43.3 Å². The maximum absolute atomic E-state index is 12.5. The van der Waals surface area contributed by atoms with Gasteiger partial charge in [-0.15, -0.1) is 11.3 Å². The summed E-state index contributed by atoms with van der Waals surface area (Å²) in [6, 6.07) is 6.08. The van der Waals surface area contributed by atoms with Crippen molar-refractivity contribution in [3.63, 3.8) is 0 Å². The van der Waals surface area contributed by atoms with Crippen LogP contribution < -0.4 is 9.94 Å². The molecule has 2 N–H and O–H groups in total. The number of amides is 1. The first-order valence-corrected chi connectivity index (χ1v) is 11.3. The van der Waals surface area contributed by atoms with Crippen LogP contribution in [0.2, 0.25) is 8.67 Å². The standard InChI is InChI=1S/C15H13Cl2N3O3S3/c1-2-5-20-10-4-3-8(26(18,22)23)6-11(10)24-15(20)19-14(21)9-7-12(16)25-13(9)17/h3-4,6-7H,2,5H2,1H3,(H2,18,22,23). The summed E-state index contributed by atoms with van der Waals surface area (Å²) in [7, 11) is -3.81. The van der Waals surface area contributed by atoms with Crippen LogP contribution in [0.5, 0.6) is 0 Å². The van der Waals surface area contributed by atoms with Gasteiger partial charge in [0.15, 0.2) is 4.80 Å². The molecule has 0 spiro atoms. The molecule has 6 nitrogen and oxygen atoms in total. The molecule has 26 heavy (non-hydrogen) atoms. The van der Waals surface area contributed by atoms with Gasteiger partial charge in [0.1, 0.15) is 4.34 Å². The molecule has 2 heterocycles. The van der Waals surface area contributed by atoms with E-state index in [4.69, 9.17) is 28.3 Å². The quantitative estimate of drug-likeness (QED) is 0.654. The Morgan fingerprint density at radius 2 is 2.00 bits per heavy atom. The van der Waals surface area contributed by atoms with Crippen LogP contribution >= 0.6 is 45.9 Å². The molecule has 0 fully saturated rings. The second kappa shape index (κ2) is 7.41. The fourth-order valence-corrected chi connectivity index (χ4v) is 5.54. The lowest BCUT2D eigenvalue weighted by Crippen LogP contribution is -2.17. The molecule has 0 aliphatic carbocycles. The molecule has 0 radical (unpaired) electrons. The summed E-state index contributed by atoms with van der Waals surface area (Å²) in [6.07, 6.45) is 0.815. The molecule has 0 atom stereocenters. The maximum Gasteiger partial charge on any atom is 0.282 e. The molecule has 0 aliphatic heterocycles. The number of primary sulfonamides is 1. The number of thiazole rings is 1. The van der Waals surface area contributed by atoms with Gasteiger partial charge in [-0.05, 0) is 30.7 Å². The lowest BCUT2D eigenvalue weighted by atomic mass is 10.3. The number of carbonyl (C=O) groups excluding carboxylic acids is 1. The van der Waals surface area contributed by atoms with Crippen LogP contribution in [0, 0.1) is 0 Å². The molecule has 1 aromatic carbocycles. The van der Waals surface area contributed by atoms with E-state index in [-0.39, 0.29) is 14.8 Å². The Bertz CT molecular complexity index is 1180. The lowest BCUT2D eigenvalue weighted by Gasteiger charge is -2.03. The summed E-state index contributed by atoms with van der Waals surface area (Å²) in [4.78, 5) is 17.1. The van der Waals surface area contributed by atoms with E-state index in [1.807, 2.05) is 11.5 Å². The molecule has 3 aromatic rings. The van der Waals surface area contributed by atoms with Gasteiger partial charge in [-0.1, -0.05) is 41.5 Å². The van der Waals surface area contributed by atoms with Crippen LogP contribution in [-0.2, 0) is 16.6 Å². The molecular formula is C15H13Cl2N3O3S3. The van der Waals surface area contributed by atoms with Crippen molar-refractivity contribution in [2.45, 2.75) is 24.8 Å². The number of sulfonamides is 1. The number of aryl methyl sites for hydroxylation is 1. The number of nitrogens with zero attached hydrogens (tertiary/aromatic N) is 2. The van der Waals surface area contributed by atoms with Gasteiger partial charge in [0.05, 0.1) is 25.0 Å². The van der Waals surface area contributed by atoms with Crippen molar-refractivity contribution in [3.8, 4) is 0 Å². The maximum atomic E-state index is 12.5. The Balaban J connectivity index is 2.19. The Morgan fingerprint density at radius 1 is 1.27 bits per heavy atom. The average Bonchev–Trinajstić information content (AvgIpc) is 3.06. The molecule has 1 amide bonds. The monoisotopic (exact) mass is 449 g/mol. The molecule has 3 rings (SSSR count). The zero-order valence-corrected chi connectivity index (χ0v) is 17.4. The average molecular weight is 450 g/mol. The third-order valence-electron chi connectivity index (χ3n) is 3.51. The van der Waals surface area contributed by atoms with Crippen molar-refractivity contribution in [1.82, 2.24) is 4.57 Å². The molecule has 2 aromatic heterocycles. The van der Waals surface area contributed by atoms with Crippen LogP contribution in [0.15, 0.2) is 34.2 Å². The second-order valence-electron chi connectivity index (χ2n) is 5.37. The number of halogens is 2. The Kier molecular flexibility index (Phi) is 5.57. The van der Waals surface area contributed by atoms with Crippen LogP contribution in [0.1, 0.15) is 23.7 Å². The predicted octanol–water partition coefficient (Wildman–Crippen LogP) is 3.87. The van der Waals surface area contributed by atoms with Gasteiger partial charge in [0.25, 0.3) is 5.91 Å². The first kappa shape index (κ1) is 19.5. The van der Waals surface area contributed by atoms with E-state index < -0.39 is 15.9 Å². The summed E-state index contributed by atoms with van der Waals surface area (Å²) in [5, 5.41) is 5.19. The van der Waals surface area contributed by atoms with Crippen LogP contribution in [0.25, 0.3) is 10.2 Å². The number of hydrogen-bond donors (Lipinski definition) is 1. The largest absolute Gasteiger partial charge is 0.316 e. The highest BCUT2D eigenvalue weighted by Gasteiger charge is 2.16. The minimum atomic E-state index is -3.81. The second-order valence-corrected chi connectivity index (χ2v) is 10.2. The molecule has 138 valence electrons. The zero-order valence-electron chi connectivity index (χ0n) is 13.4. The van der Waals surface area contributed by atoms with Crippen molar-refractivity contribution in [1.29, 1.82) is 0 Å². The van der Waals surface area contributed by atoms with Crippen LogP contribution in [0.3, 0.4) is 0 Å². The van der Waals surface area contributed by atoms with E-state index in [1.165, 1.54) is 29.5 Å². The minimum Gasteiger partial charge on any atom is -0.316 e. The number of aromatic nitrogens is 1. The van der Waals surface area contributed by atoms with Gasteiger partial charge in [-0.2, -0.15) is 4.99 Å². The number of rotatable bonds is 4. The predicted molar refractivity (Wildman–Crippen MR) is 106 cm³/mol. The molecule has 0 bridgehead atoms. The number of fused-ring (bicyclic) bond motifs is 1. The zero-order chi connectivity index (χ0) is 19.1. The number of hydrogen-bond acceptors (Lipinski definition) is 5. The third-order valence-corrected chi connectivity index (χ3v) is 6.95. The van der Waals surface area contributed by atoms with E-state index in [2.05, 4.69) is 4.99 Å². The van der Waals surface area contributed by atoms with Crippen LogP contribution in [0.4, 0.5) is 0 Å². The van der Waals surface area contributed by atoms with E-state index >= 15 is 0 Å². The highest BCUT2D eigenvalue weighted by molar-refractivity contribution is 7.89. The molecule has 0 saturated carbocycles. The third kappa shape index (κ3) is 3.88. The number of nitrogens with two attached hydrogens (primary N) is 1. The minimum absolute atomic E-state index is 0.0143. The summed E-state index contributed by atoms with van der Waals surface area (Å²) >= 11 is 14.2. The Morgan fingerprint density at radius 3 is 2.58 bits per heavy atom. The Hall–Kier alpha value is -1.23. The van der Waals surface area contributed by atoms with Gasteiger partial charge >= 0.3 is 0 Å². The van der Waals surface area contributed by atoms with E-state index in [1.54, 1.807) is 6.07 Å². The number of benzene rings is 1. The van der Waals surface area contributed by atoms with Gasteiger partial charge < -0.3 is 4.57 Å².